The van der Waals surface area contributed by atoms with E-state index in [2.05, 4.69) is 0 Å². The predicted octanol–water partition coefficient (Wildman–Crippen LogP) is 4.21. The lowest BCUT2D eigenvalue weighted by Gasteiger charge is -2.00. The van der Waals surface area contributed by atoms with Crippen molar-refractivity contribution in [1.29, 1.82) is 0 Å². The lowest BCUT2D eigenvalue weighted by Crippen LogP contribution is -1.90. The Bertz CT molecular complexity index is 272. The summed E-state index contributed by atoms with van der Waals surface area (Å²) in [6, 6.07) is 2.57. The number of hydrogen-bond donors (Lipinski definition) is 0. The molecule has 0 saturated carbocycles. The van der Waals surface area contributed by atoms with Gasteiger partial charge in [-0.3, -0.25) is 0 Å². The molecule has 1 aromatic carbocycles. The molecule has 3 heteroatoms. The molecule has 0 nitrogen and oxygen atoms in total. The fourth-order valence-corrected chi connectivity index (χ4v) is 1.02. The van der Waals surface area contributed by atoms with Crippen molar-refractivity contribution in [2.24, 2.45) is 0 Å². The van der Waals surface area contributed by atoms with Crippen molar-refractivity contribution in [3.05, 3.63) is 34.4 Å². The minimum absolute atomic E-state index is 0.413. The molecule has 1 rings (SSSR count). The molecule has 0 fully saturated rings. The summed E-state index contributed by atoms with van der Waals surface area (Å²) in [6.45, 7) is 5.78. The van der Waals surface area contributed by atoms with Crippen LogP contribution in [0, 0.1) is 11.6 Å². The standard InChI is InChI=1S/C8H7ClF2.C2H6/c1-2-5-3-4-6(10)7(9)8(5)11;1-2/h3-4H,2H2,1H3;1-2H3. The molecule has 0 bridgehead atoms. The third-order valence-corrected chi connectivity index (χ3v) is 1.84. The molecule has 0 N–H and O–H groups in total. The summed E-state index contributed by atoms with van der Waals surface area (Å²) in [5, 5.41) is -0.413. The molecule has 0 aliphatic heterocycles. The number of rotatable bonds is 1. The maximum absolute atomic E-state index is 12.9. The molecule has 0 amide bonds. The number of hydrogen-bond acceptors (Lipinski definition) is 0. The fraction of sp³-hybridized carbons (Fsp3) is 0.400. The first-order chi connectivity index (χ1) is 6.16. The molecular formula is C10H13ClF2. The van der Waals surface area contributed by atoms with Crippen molar-refractivity contribution in [3.8, 4) is 0 Å². The molecule has 0 spiro atoms. The molecule has 0 aliphatic carbocycles. The molecule has 0 atom stereocenters. The van der Waals surface area contributed by atoms with E-state index in [1.54, 1.807) is 6.92 Å². The van der Waals surface area contributed by atoms with Gasteiger partial charge in [0.2, 0.25) is 0 Å². The third-order valence-electron chi connectivity index (χ3n) is 1.50. The van der Waals surface area contributed by atoms with E-state index in [1.165, 1.54) is 12.1 Å². The predicted molar refractivity (Wildman–Crippen MR) is 52.1 cm³/mol. The quantitative estimate of drug-likeness (QED) is 0.604. The summed E-state index contributed by atoms with van der Waals surface area (Å²) in [5.74, 6) is -1.35. The van der Waals surface area contributed by atoms with Gasteiger partial charge in [0, 0.05) is 0 Å². The largest absolute Gasteiger partial charge is 0.205 e. The lowest BCUT2D eigenvalue weighted by molar-refractivity contribution is 0.574. The van der Waals surface area contributed by atoms with Crippen LogP contribution in [0.2, 0.25) is 5.02 Å². The van der Waals surface area contributed by atoms with Gasteiger partial charge in [-0.2, -0.15) is 0 Å². The SMILES string of the molecule is CC.CCc1ccc(F)c(Cl)c1F. The van der Waals surface area contributed by atoms with Crippen molar-refractivity contribution in [2.45, 2.75) is 27.2 Å². The molecule has 13 heavy (non-hydrogen) atoms. The smallest absolute Gasteiger partial charge is 0.147 e. The van der Waals surface area contributed by atoms with Gasteiger partial charge in [-0.15, -0.1) is 0 Å². The third kappa shape index (κ3) is 2.96. The zero-order chi connectivity index (χ0) is 10.4. The molecule has 1 aromatic rings. The first-order valence-electron chi connectivity index (χ1n) is 4.29. The lowest BCUT2D eigenvalue weighted by atomic mass is 10.1. The summed E-state index contributed by atoms with van der Waals surface area (Å²) in [6.07, 6.45) is 0.520. The Kier molecular flexibility index (Phi) is 5.63. The second-order valence-electron chi connectivity index (χ2n) is 2.19. The van der Waals surface area contributed by atoms with E-state index in [9.17, 15) is 8.78 Å². The van der Waals surface area contributed by atoms with E-state index in [0.29, 0.717) is 12.0 Å². The van der Waals surface area contributed by atoms with Crippen LogP contribution in [0.15, 0.2) is 12.1 Å². The zero-order valence-electron chi connectivity index (χ0n) is 8.00. The van der Waals surface area contributed by atoms with E-state index in [-0.39, 0.29) is 0 Å². The molecule has 0 aliphatic rings. The Morgan fingerprint density at radius 3 is 2.23 bits per heavy atom. The number of halogens is 3. The van der Waals surface area contributed by atoms with Gasteiger partial charge in [-0.1, -0.05) is 38.4 Å². The van der Waals surface area contributed by atoms with Gasteiger partial charge in [-0.05, 0) is 18.1 Å². The van der Waals surface area contributed by atoms with Crippen LogP contribution in [0.4, 0.5) is 8.78 Å². The van der Waals surface area contributed by atoms with Crippen LogP contribution in [0.1, 0.15) is 26.3 Å². The second-order valence-corrected chi connectivity index (χ2v) is 2.57. The van der Waals surface area contributed by atoms with Gasteiger partial charge in [0.05, 0.1) is 0 Å². The highest BCUT2D eigenvalue weighted by Crippen LogP contribution is 2.21. The topological polar surface area (TPSA) is 0 Å². The van der Waals surface area contributed by atoms with Gasteiger partial charge >= 0.3 is 0 Å². The molecule has 0 radical (unpaired) electrons. The first kappa shape index (κ1) is 12.4. The van der Waals surface area contributed by atoms with Gasteiger partial charge in [0.1, 0.15) is 16.7 Å². The molecule has 0 unspecified atom stereocenters. The molecule has 74 valence electrons. The Balaban J connectivity index is 0.000000671. The summed E-state index contributed by atoms with van der Waals surface area (Å²) in [4.78, 5) is 0. The van der Waals surface area contributed by atoms with E-state index < -0.39 is 16.7 Å². The maximum Gasteiger partial charge on any atom is 0.147 e. The van der Waals surface area contributed by atoms with Crippen LogP contribution in [0.5, 0.6) is 0 Å². The van der Waals surface area contributed by atoms with E-state index in [4.69, 9.17) is 11.6 Å². The van der Waals surface area contributed by atoms with Crippen molar-refractivity contribution >= 4 is 11.6 Å². The molecule has 0 aromatic heterocycles. The molecular weight excluding hydrogens is 194 g/mol. The molecule has 0 saturated heterocycles. The van der Waals surface area contributed by atoms with Gasteiger partial charge < -0.3 is 0 Å². The fourth-order valence-electron chi connectivity index (χ4n) is 0.839. The van der Waals surface area contributed by atoms with Crippen LogP contribution in [0.3, 0.4) is 0 Å². The van der Waals surface area contributed by atoms with E-state index >= 15 is 0 Å². The summed E-state index contributed by atoms with van der Waals surface area (Å²) in [7, 11) is 0. The van der Waals surface area contributed by atoms with Crippen LogP contribution in [-0.4, -0.2) is 0 Å². The van der Waals surface area contributed by atoms with Gasteiger partial charge in [0.15, 0.2) is 0 Å². The summed E-state index contributed by atoms with van der Waals surface area (Å²) >= 11 is 5.31. The van der Waals surface area contributed by atoms with Crippen molar-refractivity contribution < 1.29 is 8.78 Å². The monoisotopic (exact) mass is 206 g/mol. The first-order valence-corrected chi connectivity index (χ1v) is 4.67. The Morgan fingerprint density at radius 1 is 1.23 bits per heavy atom. The minimum Gasteiger partial charge on any atom is -0.205 e. The second kappa shape index (κ2) is 5.92. The van der Waals surface area contributed by atoms with Crippen LogP contribution >= 0.6 is 11.6 Å². The average Bonchev–Trinajstić information content (AvgIpc) is 2.18. The van der Waals surface area contributed by atoms with Crippen molar-refractivity contribution in [2.75, 3.05) is 0 Å². The van der Waals surface area contributed by atoms with E-state index in [0.717, 1.165) is 0 Å². The minimum atomic E-state index is -0.707. The van der Waals surface area contributed by atoms with Gasteiger partial charge in [0.25, 0.3) is 0 Å². The normalized spacial score (nSPS) is 9.08. The van der Waals surface area contributed by atoms with Crippen molar-refractivity contribution in [3.63, 3.8) is 0 Å². The molecule has 0 heterocycles. The average molecular weight is 207 g/mol. The van der Waals surface area contributed by atoms with Crippen LogP contribution in [-0.2, 0) is 6.42 Å². The van der Waals surface area contributed by atoms with Crippen molar-refractivity contribution in [1.82, 2.24) is 0 Å². The Hall–Kier alpha value is -0.630. The van der Waals surface area contributed by atoms with Crippen LogP contribution < -0.4 is 0 Å². The summed E-state index contributed by atoms with van der Waals surface area (Å²) in [5.41, 5.74) is 0.441. The van der Waals surface area contributed by atoms with Gasteiger partial charge in [-0.25, -0.2) is 8.78 Å². The highest BCUT2D eigenvalue weighted by molar-refractivity contribution is 6.30. The maximum atomic E-state index is 12.9. The Morgan fingerprint density at radius 2 is 1.77 bits per heavy atom. The zero-order valence-corrected chi connectivity index (χ0v) is 8.75. The number of benzene rings is 1. The summed E-state index contributed by atoms with van der Waals surface area (Å²) < 4.78 is 25.4. The van der Waals surface area contributed by atoms with E-state index in [1.807, 2.05) is 13.8 Å². The number of aryl methyl sites for hydroxylation is 1. The van der Waals surface area contributed by atoms with Crippen LogP contribution in [0.25, 0.3) is 0 Å². The highest BCUT2D eigenvalue weighted by Gasteiger charge is 2.09. The Labute approximate surface area is 82.5 Å². The highest BCUT2D eigenvalue weighted by atomic mass is 35.5.